The van der Waals surface area contributed by atoms with E-state index in [1.54, 1.807) is 17.2 Å². The lowest BCUT2D eigenvalue weighted by Gasteiger charge is -2.26. The Morgan fingerprint density at radius 1 is 1.07 bits per heavy atom. The summed E-state index contributed by atoms with van der Waals surface area (Å²) in [6.07, 6.45) is 12.0. The first-order valence-electron chi connectivity index (χ1n) is 14.9. The number of carbonyl (C=O) groups is 3. The maximum absolute atomic E-state index is 13.5. The molecule has 1 N–H and O–H groups in total. The minimum absolute atomic E-state index is 0.0171. The minimum Gasteiger partial charge on any atom is -0.443 e. The smallest absolute Gasteiger partial charge is 0.268 e. The highest BCUT2D eigenvalue weighted by Gasteiger charge is 2.28. The summed E-state index contributed by atoms with van der Waals surface area (Å²) in [4.78, 5) is 52.9. The molecule has 4 heterocycles. The molecular weight excluding hydrogens is 564 g/mol. The van der Waals surface area contributed by atoms with Crippen LogP contribution in [0.1, 0.15) is 67.1 Å². The number of hydrogen-bond donors (Lipinski definition) is 1. The molecule has 1 aromatic carbocycles. The molecule has 1 atom stereocenters. The number of oxazole rings is 1. The zero-order valence-electron chi connectivity index (χ0n) is 24.3. The van der Waals surface area contributed by atoms with Crippen molar-refractivity contribution in [1.82, 2.24) is 19.4 Å². The number of carbonyl (C=O) groups excluding carboxylic acids is 3. The molecule has 1 saturated carbocycles. The Balaban J connectivity index is 1.32. The third kappa shape index (κ3) is 5.99. The summed E-state index contributed by atoms with van der Waals surface area (Å²) in [7, 11) is 1.83. The number of aromatic nitrogens is 3. The predicted octanol–water partition coefficient (Wildman–Crippen LogP) is 6.29. The van der Waals surface area contributed by atoms with Gasteiger partial charge in [0.05, 0.1) is 27.0 Å². The molecule has 6 rings (SSSR count). The van der Waals surface area contributed by atoms with Gasteiger partial charge < -0.3 is 18.8 Å². The van der Waals surface area contributed by atoms with Crippen molar-refractivity contribution in [2.45, 2.75) is 57.4 Å². The number of likely N-dealkylation sites (tertiary alicyclic amines) is 1. The first-order valence-corrected chi connectivity index (χ1v) is 15.8. The number of nitrogens with one attached hydrogen (secondary N) is 1. The van der Waals surface area contributed by atoms with Crippen LogP contribution in [-0.2, 0) is 9.59 Å². The van der Waals surface area contributed by atoms with E-state index in [0.29, 0.717) is 41.6 Å². The molecule has 0 bridgehead atoms. The van der Waals surface area contributed by atoms with Gasteiger partial charge >= 0.3 is 0 Å². The van der Waals surface area contributed by atoms with Crippen molar-refractivity contribution in [3.8, 4) is 10.6 Å². The Morgan fingerprint density at radius 3 is 2.67 bits per heavy atom. The maximum atomic E-state index is 13.5. The monoisotopic (exact) mass is 600 g/mol. The van der Waals surface area contributed by atoms with E-state index >= 15 is 0 Å². The number of thiophene rings is 1. The summed E-state index contributed by atoms with van der Waals surface area (Å²) in [5.74, 6) is 0.911. The van der Waals surface area contributed by atoms with Crippen molar-refractivity contribution >= 4 is 51.7 Å². The Hall–Kier alpha value is -4.25. The predicted molar refractivity (Wildman–Crippen MR) is 167 cm³/mol. The average molecular weight is 601 g/mol. The van der Waals surface area contributed by atoms with Crippen LogP contribution in [-0.4, -0.2) is 57.3 Å². The summed E-state index contributed by atoms with van der Waals surface area (Å²) in [5.41, 5.74) is 2.36. The van der Waals surface area contributed by atoms with E-state index in [1.807, 2.05) is 36.2 Å². The molecule has 0 spiro atoms. The number of benzene rings is 1. The fourth-order valence-electron chi connectivity index (χ4n) is 6.28. The first kappa shape index (κ1) is 28.9. The van der Waals surface area contributed by atoms with Crippen molar-refractivity contribution in [3.05, 3.63) is 60.5 Å². The number of anilines is 2. The number of rotatable bonds is 7. The quantitative estimate of drug-likeness (QED) is 0.250. The van der Waals surface area contributed by atoms with Gasteiger partial charge in [0.2, 0.25) is 17.8 Å². The Labute approximate surface area is 254 Å². The topological polar surface area (TPSA) is 114 Å². The van der Waals surface area contributed by atoms with E-state index in [2.05, 4.69) is 21.4 Å². The van der Waals surface area contributed by atoms with E-state index < -0.39 is 0 Å². The third-order valence-electron chi connectivity index (χ3n) is 8.62. The van der Waals surface area contributed by atoms with Gasteiger partial charge in [-0.25, -0.2) is 9.97 Å². The number of amides is 3. The standard InChI is InChI=1S/C32H36N6O4S/c1-3-29(39)37-16-7-10-22(15-17-37)38-25-12-11-23(36(2)31(41)21-8-5-4-6-9-21)18-24(25)34-32(38)35-30(40)28-14-13-27(43-28)26-19-33-20-42-26/h3,11-14,18-22H,1,4-10,15-17H2,2H3,(H,34,35,40)/t22-/m1/s1. The molecule has 2 fully saturated rings. The number of hydrogen-bond acceptors (Lipinski definition) is 7. The fourth-order valence-corrected chi connectivity index (χ4v) is 7.14. The summed E-state index contributed by atoms with van der Waals surface area (Å²) < 4.78 is 7.48. The number of imidazole rings is 1. The van der Waals surface area contributed by atoms with Crippen LogP contribution in [0.3, 0.4) is 0 Å². The average Bonchev–Trinajstić information content (AvgIpc) is 3.78. The van der Waals surface area contributed by atoms with Gasteiger partial charge in [-0.15, -0.1) is 11.3 Å². The van der Waals surface area contributed by atoms with Gasteiger partial charge in [0.15, 0.2) is 12.2 Å². The highest BCUT2D eigenvalue weighted by molar-refractivity contribution is 7.17. The molecule has 0 unspecified atom stereocenters. The SMILES string of the molecule is C=CC(=O)N1CCC[C@@H](n2c(NC(=O)c3ccc(-c4cnco4)s3)nc3cc(N(C)C(=O)C4CCCCC4)ccc32)CC1. The van der Waals surface area contributed by atoms with Crippen molar-refractivity contribution < 1.29 is 18.8 Å². The summed E-state index contributed by atoms with van der Waals surface area (Å²) in [6, 6.07) is 9.50. The van der Waals surface area contributed by atoms with Gasteiger partial charge in [0.25, 0.3) is 5.91 Å². The van der Waals surface area contributed by atoms with Crippen LogP contribution in [0.4, 0.5) is 11.6 Å². The molecule has 43 heavy (non-hydrogen) atoms. The Morgan fingerprint density at radius 2 is 1.91 bits per heavy atom. The first-order chi connectivity index (χ1) is 20.9. The van der Waals surface area contributed by atoms with Crippen molar-refractivity contribution in [2.75, 3.05) is 30.4 Å². The second-order valence-electron chi connectivity index (χ2n) is 11.3. The van der Waals surface area contributed by atoms with E-state index in [4.69, 9.17) is 9.40 Å². The molecule has 1 saturated heterocycles. The highest BCUT2D eigenvalue weighted by atomic mass is 32.1. The molecule has 1 aliphatic heterocycles. The van der Waals surface area contributed by atoms with Crippen LogP contribution < -0.4 is 10.2 Å². The molecule has 10 nitrogen and oxygen atoms in total. The Bertz CT molecular complexity index is 1630. The second-order valence-corrected chi connectivity index (χ2v) is 12.4. The van der Waals surface area contributed by atoms with Gasteiger partial charge in [-0.2, -0.15) is 0 Å². The second kappa shape index (κ2) is 12.5. The maximum Gasteiger partial charge on any atom is 0.268 e. The van der Waals surface area contributed by atoms with Crippen LogP contribution >= 0.6 is 11.3 Å². The largest absolute Gasteiger partial charge is 0.443 e. The van der Waals surface area contributed by atoms with E-state index in [1.165, 1.54) is 30.2 Å². The van der Waals surface area contributed by atoms with Crippen molar-refractivity contribution in [3.63, 3.8) is 0 Å². The molecule has 0 radical (unpaired) electrons. The number of fused-ring (bicyclic) bond motifs is 1. The molecule has 3 amide bonds. The van der Waals surface area contributed by atoms with E-state index in [9.17, 15) is 14.4 Å². The minimum atomic E-state index is -0.269. The van der Waals surface area contributed by atoms with Crippen LogP contribution in [0.2, 0.25) is 0 Å². The third-order valence-corrected chi connectivity index (χ3v) is 9.72. The number of nitrogens with zero attached hydrogens (tertiary/aromatic N) is 5. The normalized spacial score (nSPS) is 17.9. The summed E-state index contributed by atoms with van der Waals surface area (Å²) >= 11 is 1.32. The molecule has 2 aliphatic rings. The molecule has 224 valence electrons. The zero-order chi connectivity index (χ0) is 29.9. The van der Waals surface area contributed by atoms with Gasteiger partial charge in [0, 0.05) is 37.8 Å². The highest BCUT2D eigenvalue weighted by Crippen LogP contribution is 2.35. The zero-order valence-corrected chi connectivity index (χ0v) is 25.1. The molecule has 3 aromatic heterocycles. The van der Waals surface area contributed by atoms with Crippen molar-refractivity contribution in [2.24, 2.45) is 5.92 Å². The fraction of sp³-hybridized carbons (Fsp3) is 0.406. The van der Waals surface area contributed by atoms with Gasteiger partial charge in [0.1, 0.15) is 0 Å². The molecule has 11 heteroatoms. The summed E-state index contributed by atoms with van der Waals surface area (Å²) in [6.45, 7) is 4.89. The lowest BCUT2D eigenvalue weighted by Crippen LogP contribution is -2.33. The van der Waals surface area contributed by atoms with Crippen LogP contribution in [0, 0.1) is 5.92 Å². The van der Waals surface area contributed by atoms with E-state index in [0.717, 1.165) is 54.6 Å². The van der Waals surface area contributed by atoms with Crippen LogP contribution in [0.25, 0.3) is 21.7 Å². The summed E-state index contributed by atoms with van der Waals surface area (Å²) in [5, 5.41) is 3.06. The lowest BCUT2D eigenvalue weighted by molar-refractivity contribution is -0.126. The van der Waals surface area contributed by atoms with Crippen LogP contribution in [0.5, 0.6) is 0 Å². The molecule has 1 aliphatic carbocycles. The van der Waals surface area contributed by atoms with Gasteiger partial charge in [-0.05, 0) is 68.5 Å². The van der Waals surface area contributed by atoms with Crippen LogP contribution in [0.15, 0.2) is 60.0 Å². The van der Waals surface area contributed by atoms with Gasteiger partial charge in [-0.1, -0.05) is 25.8 Å². The molecular formula is C32H36N6O4S. The van der Waals surface area contributed by atoms with Gasteiger partial charge in [-0.3, -0.25) is 19.7 Å². The molecule has 4 aromatic rings. The van der Waals surface area contributed by atoms with E-state index in [-0.39, 0.29) is 29.7 Å². The Kier molecular flexibility index (Phi) is 8.42. The lowest BCUT2D eigenvalue weighted by atomic mass is 9.88. The van der Waals surface area contributed by atoms with Crippen molar-refractivity contribution in [1.29, 1.82) is 0 Å².